The highest BCUT2D eigenvalue weighted by molar-refractivity contribution is 5.85. The van der Waals surface area contributed by atoms with Crippen LogP contribution >= 0.6 is 0 Å². The molecule has 7 heteroatoms. The van der Waals surface area contributed by atoms with Gasteiger partial charge in [0.25, 0.3) is 0 Å². The van der Waals surface area contributed by atoms with Gasteiger partial charge >= 0.3 is 0 Å². The molecule has 1 aliphatic heterocycles. The number of benzene rings is 2. The summed E-state index contributed by atoms with van der Waals surface area (Å²) >= 11 is 0. The molecule has 32 heavy (non-hydrogen) atoms. The molecule has 172 valence electrons. The molecule has 0 aliphatic carbocycles. The number of nitrogens with one attached hydrogen (secondary N) is 2. The minimum absolute atomic E-state index is 0.0280. The van der Waals surface area contributed by atoms with Gasteiger partial charge in [-0.2, -0.15) is 0 Å². The van der Waals surface area contributed by atoms with Gasteiger partial charge in [-0.05, 0) is 31.5 Å². The predicted molar refractivity (Wildman–Crippen MR) is 130 cm³/mol. The second-order valence-corrected chi connectivity index (χ2v) is 8.02. The normalized spacial score (nSPS) is 15.3. The highest BCUT2D eigenvalue weighted by Gasteiger charge is 2.22. The van der Waals surface area contributed by atoms with E-state index in [0.717, 1.165) is 43.8 Å². The fourth-order valence-corrected chi connectivity index (χ4v) is 3.68. The van der Waals surface area contributed by atoms with Gasteiger partial charge in [-0.25, -0.2) is 4.99 Å². The number of carbonyl (C=O) groups excluding carboxylic acids is 1. The van der Waals surface area contributed by atoms with Crippen molar-refractivity contribution in [1.29, 1.82) is 0 Å². The van der Waals surface area contributed by atoms with Gasteiger partial charge in [-0.15, -0.1) is 0 Å². The van der Waals surface area contributed by atoms with Crippen LogP contribution in [0.15, 0.2) is 59.6 Å². The summed E-state index contributed by atoms with van der Waals surface area (Å²) in [5.74, 6) is 1.53. The van der Waals surface area contributed by atoms with E-state index in [-0.39, 0.29) is 18.5 Å². The van der Waals surface area contributed by atoms with Crippen molar-refractivity contribution in [3.8, 4) is 5.75 Å². The Morgan fingerprint density at radius 2 is 1.88 bits per heavy atom. The quantitative estimate of drug-likeness (QED) is 0.359. The summed E-state index contributed by atoms with van der Waals surface area (Å²) in [4.78, 5) is 20.6. The van der Waals surface area contributed by atoms with Gasteiger partial charge in [0.1, 0.15) is 12.3 Å². The molecule has 7 nitrogen and oxygen atoms in total. The van der Waals surface area contributed by atoms with Crippen LogP contribution in [0.2, 0.25) is 0 Å². The first-order valence-corrected chi connectivity index (χ1v) is 11.3. The van der Waals surface area contributed by atoms with Crippen molar-refractivity contribution in [2.75, 3.05) is 51.8 Å². The van der Waals surface area contributed by atoms with E-state index in [1.165, 1.54) is 5.69 Å². The van der Waals surface area contributed by atoms with Crippen LogP contribution in [0.5, 0.6) is 5.75 Å². The zero-order chi connectivity index (χ0) is 22.8. The first kappa shape index (κ1) is 23.4. The van der Waals surface area contributed by atoms with Crippen LogP contribution in [0.3, 0.4) is 0 Å². The molecule has 0 spiro atoms. The van der Waals surface area contributed by atoms with E-state index < -0.39 is 0 Å². The fraction of sp³-hybridized carbons (Fsp3) is 0.440. The van der Waals surface area contributed by atoms with Crippen LogP contribution in [-0.2, 0) is 4.79 Å². The Labute approximate surface area is 191 Å². The minimum Gasteiger partial charge on any atom is -0.493 e. The number of fused-ring (bicyclic) bond motifs is 1. The molecule has 2 N–H and O–H groups in total. The van der Waals surface area contributed by atoms with Crippen molar-refractivity contribution in [2.45, 2.75) is 25.8 Å². The lowest BCUT2D eigenvalue weighted by atomic mass is 10.0. The number of para-hydroxylation sites is 2. The first-order valence-electron chi connectivity index (χ1n) is 11.3. The molecule has 0 bridgehead atoms. The van der Waals surface area contributed by atoms with Crippen LogP contribution in [0.25, 0.3) is 0 Å². The average Bonchev–Trinajstić information content (AvgIpc) is 2.82. The van der Waals surface area contributed by atoms with Crippen LogP contribution in [0.4, 0.5) is 5.69 Å². The monoisotopic (exact) mass is 437 g/mol. The van der Waals surface area contributed by atoms with Crippen molar-refractivity contribution in [3.05, 3.63) is 60.2 Å². The molecule has 3 rings (SSSR count). The zero-order valence-electron chi connectivity index (χ0n) is 19.4. The summed E-state index contributed by atoms with van der Waals surface area (Å²) in [7, 11) is 3.49. The topological polar surface area (TPSA) is 69.2 Å². The number of guanidine groups is 1. The van der Waals surface area contributed by atoms with Crippen molar-refractivity contribution < 1.29 is 9.53 Å². The van der Waals surface area contributed by atoms with Crippen LogP contribution in [0.1, 0.15) is 31.4 Å². The summed E-state index contributed by atoms with van der Waals surface area (Å²) in [5, 5.41) is 6.94. The van der Waals surface area contributed by atoms with Crippen molar-refractivity contribution in [2.24, 2.45) is 4.99 Å². The standard InChI is InChI=1S/C25H35N5O2/c1-4-30(20-11-6-5-7-12-20)17-10-16-26-25(27-19-24(31)29(2)3)28-22-15-18-32-23-14-9-8-13-21(22)23/h5-9,11-14,22H,4,10,15-19H2,1-3H3,(H2,26,27,28). The lowest BCUT2D eigenvalue weighted by Gasteiger charge is -2.28. The highest BCUT2D eigenvalue weighted by Crippen LogP contribution is 2.31. The molecular weight excluding hydrogens is 402 g/mol. The second-order valence-electron chi connectivity index (χ2n) is 8.02. The Balaban J connectivity index is 1.61. The Bertz CT molecular complexity index is 885. The van der Waals surface area contributed by atoms with E-state index in [0.29, 0.717) is 12.6 Å². The smallest absolute Gasteiger partial charge is 0.243 e. The molecule has 1 amide bonds. The van der Waals surface area contributed by atoms with E-state index >= 15 is 0 Å². The van der Waals surface area contributed by atoms with E-state index in [2.05, 4.69) is 57.8 Å². The summed E-state index contributed by atoms with van der Waals surface area (Å²) < 4.78 is 5.78. The molecule has 0 saturated carbocycles. The molecule has 2 aromatic carbocycles. The van der Waals surface area contributed by atoms with Crippen molar-refractivity contribution in [3.63, 3.8) is 0 Å². The lowest BCUT2D eigenvalue weighted by molar-refractivity contribution is -0.127. The molecule has 0 saturated heterocycles. The Morgan fingerprint density at radius 1 is 1.12 bits per heavy atom. The lowest BCUT2D eigenvalue weighted by Crippen LogP contribution is -2.42. The summed E-state index contributed by atoms with van der Waals surface area (Å²) in [6, 6.07) is 18.6. The van der Waals surface area contributed by atoms with Crippen LogP contribution < -0.4 is 20.3 Å². The summed E-state index contributed by atoms with van der Waals surface area (Å²) in [6.45, 7) is 5.59. The molecule has 0 aromatic heterocycles. The molecule has 1 aliphatic rings. The van der Waals surface area contributed by atoms with E-state index in [1.54, 1.807) is 19.0 Å². The molecule has 2 aromatic rings. The first-order chi connectivity index (χ1) is 15.6. The SMILES string of the molecule is CCN(CCCNC(=NCC(=O)N(C)C)NC1CCOc2ccccc21)c1ccccc1. The van der Waals surface area contributed by atoms with E-state index in [1.807, 2.05) is 24.3 Å². The number of hydrogen-bond acceptors (Lipinski definition) is 4. The maximum atomic E-state index is 12.1. The molecule has 0 fully saturated rings. The number of aliphatic imine (C=N–C) groups is 1. The van der Waals surface area contributed by atoms with E-state index in [4.69, 9.17) is 4.74 Å². The molecule has 1 atom stereocenters. The van der Waals surface area contributed by atoms with Crippen LogP contribution in [-0.4, -0.2) is 63.6 Å². The molecule has 0 radical (unpaired) electrons. The number of likely N-dealkylation sites (N-methyl/N-ethyl adjacent to an activating group) is 1. The van der Waals surface area contributed by atoms with Gasteiger partial charge in [0.15, 0.2) is 5.96 Å². The average molecular weight is 438 g/mol. The van der Waals surface area contributed by atoms with Crippen LogP contribution in [0, 0.1) is 0 Å². The van der Waals surface area contributed by atoms with Crippen molar-refractivity contribution in [1.82, 2.24) is 15.5 Å². The fourth-order valence-electron chi connectivity index (χ4n) is 3.68. The molecule has 1 heterocycles. The van der Waals surface area contributed by atoms with Gasteiger partial charge in [0.2, 0.25) is 5.91 Å². The predicted octanol–water partition coefficient (Wildman–Crippen LogP) is 3.05. The summed E-state index contributed by atoms with van der Waals surface area (Å²) in [5.41, 5.74) is 2.35. The number of carbonyl (C=O) groups is 1. The maximum Gasteiger partial charge on any atom is 0.243 e. The number of ether oxygens (including phenoxy) is 1. The number of anilines is 1. The van der Waals surface area contributed by atoms with E-state index in [9.17, 15) is 4.79 Å². The molecule has 1 unspecified atom stereocenters. The minimum atomic E-state index is -0.0280. The third-order valence-corrected chi connectivity index (χ3v) is 5.54. The number of amides is 1. The number of hydrogen-bond donors (Lipinski definition) is 2. The molecular formula is C25H35N5O2. The summed E-state index contributed by atoms with van der Waals surface area (Å²) in [6.07, 6.45) is 1.80. The van der Waals surface area contributed by atoms with Gasteiger partial charge in [0.05, 0.1) is 12.6 Å². The third kappa shape index (κ3) is 6.64. The number of rotatable bonds is 9. The van der Waals surface area contributed by atoms with Gasteiger partial charge in [0, 0.05) is 51.4 Å². The second kappa shape index (κ2) is 12.0. The Morgan fingerprint density at radius 3 is 2.62 bits per heavy atom. The zero-order valence-corrected chi connectivity index (χ0v) is 19.4. The maximum absolute atomic E-state index is 12.1. The largest absolute Gasteiger partial charge is 0.493 e. The van der Waals surface area contributed by atoms with Gasteiger partial charge in [-0.3, -0.25) is 4.79 Å². The van der Waals surface area contributed by atoms with Crippen molar-refractivity contribution >= 4 is 17.6 Å². The Kier molecular flexibility index (Phi) is 8.78. The third-order valence-electron chi connectivity index (χ3n) is 5.54. The highest BCUT2D eigenvalue weighted by atomic mass is 16.5. The Hall–Kier alpha value is -3.22. The van der Waals surface area contributed by atoms with Gasteiger partial charge < -0.3 is 25.2 Å². The number of nitrogens with zero attached hydrogens (tertiary/aromatic N) is 3. The van der Waals surface area contributed by atoms with Gasteiger partial charge in [-0.1, -0.05) is 36.4 Å².